The fraction of sp³-hybridized carbons (Fsp3) is 0.500. The van der Waals surface area contributed by atoms with E-state index in [9.17, 15) is 14.3 Å². The van der Waals surface area contributed by atoms with E-state index in [1.54, 1.807) is 7.05 Å². The van der Waals surface area contributed by atoms with Gasteiger partial charge in [-0.3, -0.25) is 0 Å². The number of nitrogens with zero attached hydrogens (tertiary/aromatic N) is 2. The second-order valence-corrected chi connectivity index (χ2v) is 5.72. The molecular formula is C16H20FN3O2. The van der Waals surface area contributed by atoms with Crippen LogP contribution in [-0.4, -0.2) is 35.7 Å². The summed E-state index contributed by atoms with van der Waals surface area (Å²) in [5, 5.41) is 21.5. The van der Waals surface area contributed by atoms with E-state index < -0.39 is 5.82 Å². The molecule has 0 aliphatic heterocycles. The Morgan fingerprint density at radius 3 is 2.91 bits per heavy atom. The second-order valence-electron chi connectivity index (χ2n) is 5.72. The van der Waals surface area contributed by atoms with Gasteiger partial charge in [0.1, 0.15) is 11.9 Å². The molecule has 1 aliphatic rings. The van der Waals surface area contributed by atoms with Crippen molar-refractivity contribution in [2.75, 3.05) is 18.9 Å². The number of aliphatic hydroxyl groups excluding tert-OH is 1. The van der Waals surface area contributed by atoms with E-state index in [0.29, 0.717) is 6.54 Å². The topological polar surface area (TPSA) is 76.4 Å². The van der Waals surface area contributed by atoms with E-state index in [4.69, 9.17) is 5.26 Å². The molecule has 0 aromatic heterocycles. The van der Waals surface area contributed by atoms with Gasteiger partial charge in [0.2, 0.25) is 0 Å². The summed E-state index contributed by atoms with van der Waals surface area (Å²) in [5.74, 6) is -0.443. The molecule has 1 aromatic rings. The largest absolute Gasteiger partial charge is 0.393 e. The third-order valence-electron chi connectivity index (χ3n) is 4.07. The van der Waals surface area contributed by atoms with Crippen molar-refractivity contribution in [2.24, 2.45) is 5.92 Å². The van der Waals surface area contributed by atoms with Crippen LogP contribution in [0.2, 0.25) is 0 Å². The van der Waals surface area contributed by atoms with E-state index >= 15 is 0 Å². The third kappa shape index (κ3) is 3.95. The van der Waals surface area contributed by atoms with Crippen molar-refractivity contribution < 1.29 is 14.3 Å². The number of benzene rings is 1. The molecule has 0 radical (unpaired) electrons. The zero-order valence-electron chi connectivity index (χ0n) is 12.6. The number of nitrogens with one attached hydrogen (secondary N) is 1. The molecule has 2 rings (SSSR count). The molecule has 22 heavy (non-hydrogen) atoms. The zero-order valence-corrected chi connectivity index (χ0v) is 12.6. The van der Waals surface area contributed by atoms with Crippen molar-refractivity contribution in [1.29, 1.82) is 5.26 Å². The van der Waals surface area contributed by atoms with Gasteiger partial charge in [-0.2, -0.15) is 5.26 Å². The number of rotatable bonds is 3. The Kier molecular flexibility index (Phi) is 5.34. The third-order valence-corrected chi connectivity index (χ3v) is 4.07. The standard InChI is InChI=1S/C16H20FN3O2/c1-20(10-11-4-2-3-5-15(11)21)16(22)19-14-7-6-13(17)8-12(14)9-18/h6-8,11,15,21H,2-5,10H2,1H3,(H,19,22). The van der Waals surface area contributed by atoms with Gasteiger partial charge in [0.05, 0.1) is 17.4 Å². The number of carbonyl (C=O) groups excluding carboxylic acids is 1. The number of anilines is 1. The summed E-state index contributed by atoms with van der Waals surface area (Å²) >= 11 is 0. The van der Waals surface area contributed by atoms with Crippen LogP contribution in [0.3, 0.4) is 0 Å². The number of halogens is 1. The van der Waals surface area contributed by atoms with Crippen molar-refractivity contribution >= 4 is 11.7 Å². The van der Waals surface area contributed by atoms with Crippen LogP contribution in [0.5, 0.6) is 0 Å². The number of amides is 2. The average molecular weight is 305 g/mol. The number of nitriles is 1. The van der Waals surface area contributed by atoms with Gasteiger partial charge in [0, 0.05) is 19.5 Å². The molecule has 0 bridgehead atoms. The van der Waals surface area contributed by atoms with Crippen LogP contribution >= 0.6 is 0 Å². The van der Waals surface area contributed by atoms with Crippen molar-refractivity contribution in [2.45, 2.75) is 31.8 Å². The van der Waals surface area contributed by atoms with Gasteiger partial charge >= 0.3 is 6.03 Å². The summed E-state index contributed by atoms with van der Waals surface area (Å²) in [6.07, 6.45) is 3.39. The average Bonchev–Trinajstić information content (AvgIpc) is 2.51. The molecule has 5 nitrogen and oxygen atoms in total. The minimum Gasteiger partial charge on any atom is -0.393 e. The second kappa shape index (κ2) is 7.23. The highest BCUT2D eigenvalue weighted by molar-refractivity contribution is 5.90. The van der Waals surface area contributed by atoms with Crippen LogP contribution in [-0.2, 0) is 0 Å². The van der Waals surface area contributed by atoms with Crippen molar-refractivity contribution in [3.8, 4) is 6.07 Å². The van der Waals surface area contributed by atoms with Gasteiger partial charge in [-0.25, -0.2) is 9.18 Å². The number of urea groups is 1. The maximum atomic E-state index is 13.1. The number of hydrogen-bond acceptors (Lipinski definition) is 3. The van der Waals surface area contributed by atoms with Crippen LogP contribution in [0, 0.1) is 23.1 Å². The number of carbonyl (C=O) groups is 1. The molecule has 1 aromatic carbocycles. The summed E-state index contributed by atoms with van der Waals surface area (Å²) in [4.78, 5) is 13.7. The minimum atomic E-state index is -0.520. The number of hydrogen-bond donors (Lipinski definition) is 2. The van der Waals surface area contributed by atoms with Gasteiger partial charge in [0.15, 0.2) is 0 Å². The Hall–Kier alpha value is -2.13. The molecular weight excluding hydrogens is 285 g/mol. The Balaban J connectivity index is 1.98. The van der Waals surface area contributed by atoms with Gasteiger partial charge in [-0.1, -0.05) is 12.8 Å². The van der Waals surface area contributed by atoms with Gasteiger partial charge in [0.25, 0.3) is 0 Å². The monoisotopic (exact) mass is 305 g/mol. The Morgan fingerprint density at radius 2 is 2.23 bits per heavy atom. The van der Waals surface area contributed by atoms with Gasteiger partial charge < -0.3 is 15.3 Å². The first kappa shape index (κ1) is 16.2. The molecule has 2 atom stereocenters. The van der Waals surface area contributed by atoms with Crippen molar-refractivity contribution in [3.05, 3.63) is 29.6 Å². The van der Waals surface area contributed by atoms with Crippen LogP contribution in [0.1, 0.15) is 31.2 Å². The molecule has 2 N–H and O–H groups in total. The van der Waals surface area contributed by atoms with Crippen molar-refractivity contribution in [1.82, 2.24) is 4.90 Å². The van der Waals surface area contributed by atoms with Gasteiger partial charge in [-0.05, 0) is 31.0 Å². The molecule has 1 aliphatic carbocycles. The van der Waals surface area contributed by atoms with E-state index in [-0.39, 0.29) is 29.3 Å². The predicted octanol–water partition coefficient (Wildman–Crippen LogP) is 2.71. The summed E-state index contributed by atoms with van der Waals surface area (Å²) in [6.45, 7) is 0.454. The SMILES string of the molecule is CN(CC1CCCCC1O)C(=O)Nc1ccc(F)cc1C#N. The molecule has 2 amide bonds. The van der Waals surface area contributed by atoms with Crippen LogP contribution < -0.4 is 5.32 Å². The fourth-order valence-electron chi connectivity index (χ4n) is 2.76. The Morgan fingerprint density at radius 1 is 1.50 bits per heavy atom. The molecule has 0 spiro atoms. The van der Waals surface area contributed by atoms with E-state index in [0.717, 1.165) is 31.7 Å². The molecule has 2 unspecified atom stereocenters. The van der Waals surface area contributed by atoms with Crippen LogP contribution in [0.4, 0.5) is 14.9 Å². The van der Waals surface area contributed by atoms with Crippen LogP contribution in [0.25, 0.3) is 0 Å². The lowest BCUT2D eigenvalue weighted by molar-refractivity contribution is 0.0575. The molecule has 1 saturated carbocycles. The predicted molar refractivity (Wildman–Crippen MR) is 80.7 cm³/mol. The summed E-state index contributed by atoms with van der Waals surface area (Å²) in [6, 6.07) is 5.13. The molecule has 0 heterocycles. The quantitative estimate of drug-likeness (QED) is 0.901. The molecule has 118 valence electrons. The highest BCUT2D eigenvalue weighted by atomic mass is 19.1. The Bertz CT molecular complexity index is 585. The van der Waals surface area contributed by atoms with Crippen LogP contribution in [0.15, 0.2) is 18.2 Å². The highest BCUT2D eigenvalue weighted by Crippen LogP contribution is 2.25. The lowest BCUT2D eigenvalue weighted by atomic mass is 9.86. The number of aliphatic hydroxyl groups is 1. The minimum absolute atomic E-state index is 0.0770. The summed E-state index contributed by atoms with van der Waals surface area (Å²) in [5.41, 5.74) is 0.365. The zero-order chi connectivity index (χ0) is 16.1. The Labute approximate surface area is 129 Å². The molecule has 1 fully saturated rings. The maximum Gasteiger partial charge on any atom is 0.321 e. The molecule has 0 saturated heterocycles. The van der Waals surface area contributed by atoms with E-state index in [1.807, 2.05) is 6.07 Å². The lowest BCUT2D eigenvalue weighted by Gasteiger charge is -2.31. The first-order chi connectivity index (χ1) is 10.5. The lowest BCUT2D eigenvalue weighted by Crippen LogP contribution is -2.40. The van der Waals surface area contributed by atoms with E-state index in [2.05, 4.69) is 5.32 Å². The highest BCUT2D eigenvalue weighted by Gasteiger charge is 2.25. The first-order valence-corrected chi connectivity index (χ1v) is 7.41. The first-order valence-electron chi connectivity index (χ1n) is 7.41. The summed E-state index contributed by atoms with van der Waals surface area (Å²) < 4.78 is 13.1. The van der Waals surface area contributed by atoms with Gasteiger partial charge in [-0.15, -0.1) is 0 Å². The smallest absolute Gasteiger partial charge is 0.321 e. The maximum absolute atomic E-state index is 13.1. The molecule has 6 heteroatoms. The summed E-state index contributed by atoms with van der Waals surface area (Å²) in [7, 11) is 1.65. The normalized spacial score (nSPS) is 21.0. The van der Waals surface area contributed by atoms with Crippen molar-refractivity contribution in [3.63, 3.8) is 0 Å². The van der Waals surface area contributed by atoms with E-state index in [1.165, 1.54) is 17.0 Å². The fourth-order valence-corrected chi connectivity index (χ4v) is 2.76.